The fourth-order valence-electron chi connectivity index (χ4n) is 2.84. The first-order valence-corrected chi connectivity index (χ1v) is 11.4. The maximum atomic E-state index is 12.5. The van der Waals surface area contributed by atoms with Gasteiger partial charge in [0.1, 0.15) is 5.82 Å². The van der Waals surface area contributed by atoms with Crippen LogP contribution in [0.5, 0.6) is 0 Å². The molecule has 1 aromatic carbocycles. The van der Waals surface area contributed by atoms with Gasteiger partial charge < -0.3 is 9.88 Å². The summed E-state index contributed by atoms with van der Waals surface area (Å²) in [4.78, 5) is 11.7. The molecule has 7 nitrogen and oxygen atoms in total. The largest absolute Gasteiger partial charge is 0.341 e. The van der Waals surface area contributed by atoms with Gasteiger partial charge >= 0.3 is 5.76 Å². The number of nitrogens with zero attached hydrogens (tertiary/aromatic N) is 3. The SMILES string of the molecule is O=C(CSc1nnc(C2CC2)n1C1CC1)Nc1ccc(S(=O)(=O)C(F)F)cc1. The van der Waals surface area contributed by atoms with Crippen LogP contribution in [0.2, 0.25) is 0 Å². The molecular weight excluding hydrogens is 410 g/mol. The first-order chi connectivity index (χ1) is 13.4. The number of alkyl halides is 2. The van der Waals surface area contributed by atoms with Crippen molar-refractivity contribution < 1.29 is 22.0 Å². The number of amides is 1. The van der Waals surface area contributed by atoms with E-state index < -0.39 is 20.5 Å². The van der Waals surface area contributed by atoms with Gasteiger partial charge in [-0.1, -0.05) is 11.8 Å². The number of aromatic nitrogens is 3. The molecule has 0 atom stereocenters. The summed E-state index contributed by atoms with van der Waals surface area (Å²) in [5, 5.41) is 11.9. The molecule has 4 rings (SSSR count). The Kier molecular flexibility index (Phi) is 5.13. The van der Waals surface area contributed by atoms with Crippen LogP contribution in [0.15, 0.2) is 34.3 Å². The van der Waals surface area contributed by atoms with Crippen LogP contribution in [0.25, 0.3) is 0 Å². The fraction of sp³-hybridized carbons (Fsp3) is 0.471. The van der Waals surface area contributed by atoms with Gasteiger partial charge in [0.25, 0.3) is 0 Å². The Hall–Kier alpha value is -2.01. The van der Waals surface area contributed by atoms with Crippen molar-refractivity contribution in [2.75, 3.05) is 11.1 Å². The molecule has 2 aliphatic carbocycles. The molecular formula is C17H18F2N4O3S2. The lowest BCUT2D eigenvalue weighted by atomic mass is 10.3. The summed E-state index contributed by atoms with van der Waals surface area (Å²) in [6.07, 6.45) is 4.47. The second kappa shape index (κ2) is 7.43. The predicted molar refractivity (Wildman–Crippen MR) is 99.3 cm³/mol. The molecule has 11 heteroatoms. The molecule has 0 radical (unpaired) electrons. The molecule has 1 heterocycles. The molecule has 0 saturated heterocycles. The minimum atomic E-state index is -4.64. The number of hydrogen-bond donors (Lipinski definition) is 1. The number of rotatable bonds is 8. The van der Waals surface area contributed by atoms with Gasteiger partial charge in [-0.3, -0.25) is 4.79 Å². The average Bonchev–Trinajstić information content (AvgIpc) is 3.59. The second-order valence-corrected chi connectivity index (χ2v) is 9.74. The van der Waals surface area contributed by atoms with Crippen LogP contribution in [0.3, 0.4) is 0 Å². The molecule has 28 heavy (non-hydrogen) atoms. The maximum Gasteiger partial charge on any atom is 0.341 e. The van der Waals surface area contributed by atoms with E-state index in [1.807, 2.05) is 0 Å². The third-order valence-corrected chi connectivity index (χ3v) is 6.92. The molecule has 150 valence electrons. The van der Waals surface area contributed by atoms with Crippen molar-refractivity contribution in [3.8, 4) is 0 Å². The number of hydrogen-bond acceptors (Lipinski definition) is 6. The molecule has 1 aromatic heterocycles. The van der Waals surface area contributed by atoms with Crippen LogP contribution in [0.1, 0.15) is 43.5 Å². The molecule has 2 aromatic rings. The Labute approximate surface area is 164 Å². The van der Waals surface area contributed by atoms with Crippen LogP contribution in [0, 0.1) is 0 Å². The third kappa shape index (κ3) is 4.04. The van der Waals surface area contributed by atoms with Gasteiger partial charge in [0.05, 0.1) is 10.6 Å². The highest BCUT2D eigenvalue weighted by atomic mass is 32.2. The summed E-state index contributed by atoms with van der Waals surface area (Å²) in [5.74, 6) is -2.16. The van der Waals surface area contributed by atoms with E-state index in [4.69, 9.17) is 0 Å². The van der Waals surface area contributed by atoms with Crippen LogP contribution in [-0.4, -0.2) is 40.6 Å². The van der Waals surface area contributed by atoms with Gasteiger partial charge in [-0.2, -0.15) is 8.78 Å². The smallest absolute Gasteiger partial charge is 0.325 e. The summed E-state index contributed by atoms with van der Waals surface area (Å²) in [6.45, 7) is 0. The Bertz CT molecular complexity index is 984. The number of benzene rings is 1. The summed E-state index contributed by atoms with van der Waals surface area (Å²) in [5.41, 5.74) is 0.334. The molecule has 1 amide bonds. The Morgan fingerprint density at radius 1 is 1.18 bits per heavy atom. The molecule has 2 saturated carbocycles. The lowest BCUT2D eigenvalue weighted by Gasteiger charge is -2.09. The van der Waals surface area contributed by atoms with E-state index >= 15 is 0 Å². The zero-order valence-electron chi connectivity index (χ0n) is 14.7. The summed E-state index contributed by atoms with van der Waals surface area (Å²) in [6, 6.07) is 5.11. The lowest BCUT2D eigenvalue weighted by Crippen LogP contribution is -2.15. The Morgan fingerprint density at radius 2 is 1.86 bits per heavy atom. The van der Waals surface area contributed by atoms with Crippen molar-refractivity contribution in [3.05, 3.63) is 30.1 Å². The van der Waals surface area contributed by atoms with E-state index in [1.165, 1.54) is 23.9 Å². The first-order valence-electron chi connectivity index (χ1n) is 8.86. The van der Waals surface area contributed by atoms with E-state index in [1.54, 1.807) is 0 Å². The monoisotopic (exact) mass is 428 g/mol. The number of nitrogens with one attached hydrogen (secondary N) is 1. The van der Waals surface area contributed by atoms with Gasteiger partial charge in [-0.25, -0.2) is 8.42 Å². The highest BCUT2D eigenvalue weighted by Gasteiger charge is 2.36. The highest BCUT2D eigenvalue weighted by molar-refractivity contribution is 7.99. The quantitative estimate of drug-likeness (QED) is 0.649. The number of thioether (sulfide) groups is 1. The second-order valence-electron chi connectivity index (χ2n) is 6.88. The minimum Gasteiger partial charge on any atom is -0.325 e. The van der Waals surface area contributed by atoms with Crippen molar-refractivity contribution >= 4 is 33.2 Å². The molecule has 0 bridgehead atoms. The summed E-state index contributed by atoms with van der Waals surface area (Å²) >= 11 is 1.30. The van der Waals surface area contributed by atoms with Gasteiger partial charge in [-0.15, -0.1) is 10.2 Å². The number of anilines is 1. The van der Waals surface area contributed by atoms with Gasteiger partial charge in [0.15, 0.2) is 5.16 Å². The van der Waals surface area contributed by atoms with Crippen LogP contribution in [-0.2, 0) is 14.6 Å². The zero-order valence-corrected chi connectivity index (χ0v) is 16.3. The zero-order chi connectivity index (χ0) is 19.9. The van der Waals surface area contributed by atoms with Crippen molar-refractivity contribution in [2.45, 2.75) is 53.5 Å². The molecule has 0 spiro atoms. The maximum absolute atomic E-state index is 12.5. The van der Waals surface area contributed by atoms with Gasteiger partial charge in [0, 0.05) is 17.6 Å². The Morgan fingerprint density at radius 3 is 2.43 bits per heavy atom. The van der Waals surface area contributed by atoms with Crippen molar-refractivity contribution in [1.29, 1.82) is 0 Å². The number of sulfone groups is 1. The third-order valence-electron chi connectivity index (χ3n) is 4.58. The van der Waals surface area contributed by atoms with Crippen molar-refractivity contribution in [2.24, 2.45) is 0 Å². The molecule has 0 unspecified atom stereocenters. The van der Waals surface area contributed by atoms with E-state index in [-0.39, 0.29) is 11.7 Å². The summed E-state index contributed by atoms with van der Waals surface area (Å²) in [7, 11) is -4.64. The normalized spacial score (nSPS) is 17.1. The first kappa shape index (κ1) is 19.3. The van der Waals surface area contributed by atoms with Crippen molar-refractivity contribution in [3.63, 3.8) is 0 Å². The van der Waals surface area contributed by atoms with Crippen LogP contribution in [0.4, 0.5) is 14.5 Å². The molecule has 2 fully saturated rings. The van der Waals surface area contributed by atoms with E-state index in [0.717, 1.165) is 48.8 Å². The average molecular weight is 428 g/mol. The number of carbonyl (C=O) groups is 1. The van der Waals surface area contributed by atoms with E-state index in [0.29, 0.717) is 17.6 Å². The van der Waals surface area contributed by atoms with Gasteiger partial charge in [0.2, 0.25) is 15.7 Å². The predicted octanol–water partition coefficient (Wildman–Crippen LogP) is 3.22. The van der Waals surface area contributed by atoms with Gasteiger partial charge in [-0.05, 0) is 49.9 Å². The molecule has 0 aliphatic heterocycles. The molecule has 2 aliphatic rings. The highest BCUT2D eigenvalue weighted by Crippen LogP contribution is 2.45. The van der Waals surface area contributed by atoms with E-state index in [2.05, 4.69) is 20.1 Å². The fourth-order valence-corrected chi connectivity index (χ4v) is 4.37. The lowest BCUT2D eigenvalue weighted by molar-refractivity contribution is -0.113. The molecule has 1 N–H and O–H groups in total. The van der Waals surface area contributed by atoms with Crippen LogP contribution >= 0.6 is 11.8 Å². The number of halogens is 2. The topological polar surface area (TPSA) is 93.9 Å². The number of carbonyl (C=O) groups excluding carboxylic acids is 1. The Balaban J connectivity index is 1.36. The summed E-state index contributed by atoms with van der Waals surface area (Å²) < 4.78 is 50.1. The minimum absolute atomic E-state index is 0.118. The van der Waals surface area contributed by atoms with Crippen LogP contribution < -0.4 is 5.32 Å². The van der Waals surface area contributed by atoms with E-state index in [9.17, 15) is 22.0 Å². The van der Waals surface area contributed by atoms with Crippen molar-refractivity contribution in [1.82, 2.24) is 14.8 Å². The standard InChI is InChI=1S/C17H18F2N4O3S2/c18-16(19)28(25,26)13-7-3-11(4-8-13)20-14(24)9-27-17-22-21-15(10-1-2-10)23(17)12-5-6-12/h3-4,7-8,10,12,16H,1-2,5-6,9H2,(H,20,24).